The van der Waals surface area contributed by atoms with E-state index in [-0.39, 0.29) is 12.0 Å². The zero-order valence-corrected chi connectivity index (χ0v) is 10.5. The Morgan fingerprint density at radius 3 is 2.82 bits per heavy atom. The second-order valence-corrected chi connectivity index (χ2v) is 4.80. The Balaban J connectivity index is 2.32. The second-order valence-electron chi connectivity index (χ2n) is 4.80. The van der Waals surface area contributed by atoms with Crippen molar-refractivity contribution in [1.82, 2.24) is 9.78 Å². The normalized spacial score (nSPS) is 24.8. The van der Waals surface area contributed by atoms with E-state index in [9.17, 15) is 10.4 Å². The first kappa shape index (κ1) is 11.9. The third-order valence-corrected chi connectivity index (χ3v) is 3.46. The summed E-state index contributed by atoms with van der Waals surface area (Å²) < 4.78 is 1.76. The van der Waals surface area contributed by atoms with Gasteiger partial charge < -0.3 is 10.0 Å². The largest absolute Gasteiger partial charge is 0.393 e. The quantitative estimate of drug-likeness (QED) is 0.781. The molecular weight excluding hydrogens is 216 g/mol. The first-order valence-electron chi connectivity index (χ1n) is 5.91. The van der Waals surface area contributed by atoms with E-state index in [1.54, 1.807) is 4.68 Å². The van der Waals surface area contributed by atoms with Crippen molar-refractivity contribution in [2.24, 2.45) is 13.0 Å². The molecule has 0 amide bonds. The van der Waals surface area contributed by atoms with Crippen molar-refractivity contribution < 1.29 is 5.11 Å². The standard InChI is InChI=1S/C12H18N4O/c1-8-7-16(5-4-11(8)17)12-10(6-13)9(2)14-15(12)3/h8,11,17H,4-5,7H2,1-3H3. The fraction of sp³-hybridized carbons (Fsp3) is 0.667. The predicted octanol–water partition coefficient (Wildman–Crippen LogP) is 0.807. The van der Waals surface area contributed by atoms with E-state index >= 15 is 0 Å². The van der Waals surface area contributed by atoms with Crippen LogP contribution < -0.4 is 4.90 Å². The molecule has 0 aliphatic carbocycles. The van der Waals surface area contributed by atoms with E-state index in [0.717, 1.165) is 31.0 Å². The van der Waals surface area contributed by atoms with Gasteiger partial charge in [-0.1, -0.05) is 6.92 Å². The SMILES string of the molecule is Cc1nn(C)c(N2CCC(O)C(C)C2)c1C#N. The molecule has 92 valence electrons. The highest BCUT2D eigenvalue weighted by molar-refractivity contribution is 5.57. The van der Waals surface area contributed by atoms with Crippen molar-refractivity contribution >= 4 is 5.82 Å². The van der Waals surface area contributed by atoms with Crippen molar-refractivity contribution in [2.45, 2.75) is 26.4 Å². The number of nitrogens with zero attached hydrogens (tertiary/aromatic N) is 4. The highest BCUT2D eigenvalue weighted by Gasteiger charge is 2.28. The minimum Gasteiger partial charge on any atom is -0.393 e. The molecule has 1 saturated heterocycles. The maximum atomic E-state index is 9.73. The number of aryl methyl sites for hydroxylation is 2. The topological polar surface area (TPSA) is 65.1 Å². The molecule has 17 heavy (non-hydrogen) atoms. The van der Waals surface area contributed by atoms with Crippen molar-refractivity contribution in [3.8, 4) is 6.07 Å². The molecule has 1 fully saturated rings. The molecule has 1 aliphatic heterocycles. The molecule has 2 atom stereocenters. The molecule has 0 bridgehead atoms. The third-order valence-electron chi connectivity index (χ3n) is 3.46. The highest BCUT2D eigenvalue weighted by atomic mass is 16.3. The lowest BCUT2D eigenvalue weighted by atomic mass is 9.96. The maximum absolute atomic E-state index is 9.73. The van der Waals surface area contributed by atoms with Crippen LogP contribution in [0, 0.1) is 24.2 Å². The number of hydrogen-bond acceptors (Lipinski definition) is 4. The Hall–Kier alpha value is -1.54. The Bertz CT molecular complexity index is 460. The Labute approximate surface area is 101 Å². The van der Waals surface area contributed by atoms with Crippen LogP contribution in [0.1, 0.15) is 24.6 Å². The van der Waals surface area contributed by atoms with Crippen LogP contribution in [0.4, 0.5) is 5.82 Å². The summed E-state index contributed by atoms with van der Waals surface area (Å²) in [6.07, 6.45) is 0.516. The predicted molar refractivity (Wildman–Crippen MR) is 64.7 cm³/mol. The zero-order valence-electron chi connectivity index (χ0n) is 10.5. The number of aliphatic hydroxyl groups is 1. The van der Waals surface area contributed by atoms with Gasteiger partial charge in [-0.3, -0.25) is 4.68 Å². The molecular formula is C12H18N4O. The number of hydrogen-bond donors (Lipinski definition) is 1. The van der Waals surface area contributed by atoms with Crippen LogP contribution >= 0.6 is 0 Å². The van der Waals surface area contributed by atoms with E-state index < -0.39 is 0 Å². The van der Waals surface area contributed by atoms with Crippen LogP contribution in [0.15, 0.2) is 0 Å². The molecule has 1 aliphatic rings. The first-order valence-corrected chi connectivity index (χ1v) is 5.91. The smallest absolute Gasteiger partial charge is 0.144 e. The summed E-state index contributed by atoms with van der Waals surface area (Å²) in [5.41, 5.74) is 1.42. The van der Waals surface area contributed by atoms with E-state index in [4.69, 9.17) is 0 Å². The van der Waals surface area contributed by atoms with Crippen LogP contribution in [0.25, 0.3) is 0 Å². The lowest BCUT2D eigenvalue weighted by Gasteiger charge is -2.35. The van der Waals surface area contributed by atoms with Gasteiger partial charge in [0, 0.05) is 20.1 Å². The lowest BCUT2D eigenvalue weighted by Crippen LogP contribution is -2.43. The molecule has 2 rings (SSSR count). The summed E-state index contributed by atoms with van der Waals surface area (Å²) >= 11 is 0. The van der Waals surface area contributed by atoms with Crippen LogP contribution in [0.3, 0.4) is 0 Å². The molecule has 0 saturated carbocycles. The van der Waals surface area contributed by atoms with Gasteiger partial charge in [-0.2, -0.15) is 10.4 Å². The molecule has 1 N–H and O–H groups in total. The first-order chi connectivity index (χ1) is 8.04. The molecule has 0 spiro atoms. The molecule has 1 aromatic rings. The van der Waals surface area contributed by atoms with Crippen LogP contribution in [0.5, 0.6) is 0 Å². The van der Waals surface area contributed by atoms with Gasteiger partial charge in [0.2, 0.25) is 0 Å². The van der Waals surface area contributed by atoms with Crippen LogP contribution in [0.2, 0.25) is 0 Å². The second kappa shape index (κ2) is 4.38. The summed E-state index contributed by atoms with van der Waals surface area (Å²) in [4.78, 5) is 2.15. The lowest BCUT2D eigenvalue weighted by molar-refractivity contribution is 0.0966. The summed E-state index contributed by atoms with van der Waals surface area (Å²) in [6.45, 7) is 5.43. The van der Waals surface area contributed by atoms with Gasteiger partial charge in [0.05, 0.1) is 11.8 Å². The zero-order chi connectivity index (χ0) is 12.6. The van der Waals surface area contributed by atoms with Gasteiger partial charge in [0.15, 0.2) is 0 Å². The van der Waals surface area contributed by atoms with Crippen LogP contribution in [-0.2, 0) is 7.05 Å². The minimum absolute atomic E-state index is 0.227. The number of anilines is 1. The summed E-state index contributed by atoms with van der Waals surface area (Å²) in [7, 11) is 1.86. The molecule has 1 aromatic heterocycles. The van der Waals surface area contributed by atoms with Crippen LogP contribution in [-0.4, -0.2) is 34.1 Å². The molecule has 5 nitrogen and oxygen atoms in total. The minimum atomic E-state index is -0.230. The Morgan fingerprint density at radius 2 is 2.24 bits per heavy atom. The fourth-order valence-electron chi connectivity index (χ4n) is 2.47. The number of aliphatic hydroxyl groups excluding tert-OH is 1. The number of rotatable bonds is 1. The molecule has 5 heteroatoms. The average Bonchev–Trinajstić information content (AvgIpc) is 2.57. The van der Waals surface area contributed by atoms with Crippen molar-refractivity contribution in [2.75, 3.05) is 18.0 Å². The van der Waals surface area contributed by atoms with Gasteiger partial charge in [0.1, 0.15) is 17.5 Å². The van der Waals surface area contributed by atoms with E-state index in [1.165, 1.54) is 0 Å². The number of piperidine rings is 1. The average molecular weight is 234 g/mol. The third kappa shape index (κ3) is 2.01. The summed E-state index contributed by atoms with van der Waals surface area (Å²) in [5, 5.41) is 23.2. The molecule has 0 aromatic carbocycles. The van der Waals surface area contributed by atoms with E-state index in [2.05, 4.69) is 16.1 Å². The van der Waals surface area contributed by atoms with Gasteiger partial charge in [-0.15, -0.1) is 0 Å². The molecule has 0 radical (unpaired) electrons. The van der Waals surface area contributed by atoms with Crippen molar-refractivity contribution in [3.05, 3.63) is 11.3 Å². The molecule has 2 heterocycles. The van der Waals surface area contributed by atoms with E-state index in [0.29, 0.717) is 5.56 Å². The van der Waals surface area contributed by atoms with Crippen molar-refractivity contribution in [1.29, 1.82) is 5.26 Å². The maximum Gasteiger partial charge on any atom is 0.144 e. The van der Waals surface area contributed by atoms with Gasteiger partial charge >= 0.3 is 0 Å². The fourth-order valence-corrected chi connectivity index (χ4v) is 2.47. The van der Waals surface area contributed by atoms with Crippen molar-refractivity contribution in [3.63, 3.8) is 0 Å². The monoisotopic (exact) mass is 234 g/mol. The van der Waals surface area contributed by atoms with Gasteiger partial charge in [0.25, 0.3) is 0 Å². The molecule has 2 unspecified atom stereocenters. The van der Waals surface area contributed by atoms with E-state index in [1.807, 2.05) is 20.9 Å². The van der Waals surface area contributed by atoms with Gasteiger partial charge in [-0.25, -0.2) is 0 Å². The van der Waals surface area contributed by atoms with Gasteiger partial charge in [-0.05, 0) is 19.3 Å². The summed E-state index contributed by atoms with van der Waals surface area (Å²) in [5.74, 6) is 1.11. The Kier molecular flexibility index (Phi) is 3.07. The summed E-state index contributed by atoms with van der Waals surface area (Å²) in [6, 6.07) is 2.22. The Morgan fingerprint density at radius 1 is 1.53 bits per heavy atom. The number of nitriles is 1. The highest BCUT2D eigenvalue weighted by Crippen LogP contribution is 2.27. The number of aromatic nitrogens is 2.